The molecule has 0 aromatic rings. The van der Waals surface area contributed by atoms with Crippen LogP contribution in [0.5, 0.6) is 0 Å². The van der Waals surface area contributed by atoms with E-state index in [1.165, 1.54) is 64.2 Å². The lowest BCUT2D eigenvalue weighted by atomic mass is 10.1. The molecule has 1 aliphatic heterocycles. The van der Waals surface area contributed by atoms with E-state index in [9.17, 15) is 4.79 Å². The Morgan fingerprint density at radius 3 is 2.29 bits per heavy atom. The predicted molar refractivity (Wildman–Crippen MR) is 119 cm³/mol. The number of unbranched alkanes of at least 4 members (excludes halogenated alkanes) is 9. The molecule has 0 unspecified atom stereocenters. The van der Waals surface area contributed by atoms with E-state index in [0.717, 1.165) is 39.0 Å². The minimum atomic E-state index is 0.0415. The molecule has 1 heterocycles. The van der Waals surface area contributed by atoms with E-state index in [2.05, 4.69) is 31.2 Å². The summed E-state index contributed by atoms with van der Waals surface area (Å²) in [4.78, 5) is 13.4. The van der Waals surface area contributed by atoms with Gasteiger partial charge in [0.2, 0.25) is 5.91 Å². The van der Waals surface area contributed by atoms with Crippen molar-refractivity contribution in [2.45, 2.75) is 96.5 Å². The molecule has 4 nitrogen and oxygen atoms in total. The van der Waals surface area contributed by atoms with Gasteiger partial charge in [-0.25, -0.2) is 0 Å². The van der Waals surface area contributed by atoms with Crippen molar-refractivity contribution in [2.24, 2.45) is 5.73 Å². The molecule has 1 rings (SSSR count). The molecule has 0 radical (unpaired) electrons. The molecule has 0 aliphatic carbocycles. The number of hydrogen-bond donors (Lipinski definition) is 1. The van der Waals surface area contributed by atoms with Crippen molar-refractivity contribution < 1.29 is 9.53 Å². The molecular formula is C24H44N2O2. The third-order valence-electron chi connectivity index (χ3n) is 5.37. The first-order valence-electron chi connectivity index (χ1n) is 11.7. The molecular weight excluding hydrogens is 348 g/mol. The van der Waals surface area contributed by atoms with Gasteiger partial charge in [-0.2, -0.15) is 0 Å². The zero-order chi connectivity index (χ0) is 20.3. The molecule has 1 fully saturated rings. The lowest BCUT2D eigenvalue weighted by molar-refractivity contribution is -0.129. The molecule has 4 heteroatoms. The van der Waals surface area contributed by atoms with Crippen LogP contribution in [0.15, 0.2) is 24.3 Å². The number of likely N-dealkylation sites (tertiary alicyclic amines) is 1. The van der Waals surface area contributed by atoms with Crippen molar-refractivity contribution in [3.63, 3.8) is 0 Å². The average Bonchev–Trinajstić information content (AvgIpc) is 3.18. The van der Waals surface area contributed by atoms with Gasteiger partial charge < -0.3 is 15.4 Å². The number of nitrogens with two attached hydrogens (primary N) is 1. The summed E-state index contributed by atoms with van der Waals surface area (Å²) in [7, 11) is 0. The highest BCUT2D eigenvalue weighted by Crippen LogP contribution is 2.14. The molecule has 2 N–H and O–H groups in total. The number of carbonyl (C=O) groups excluding carboxylic acids is 1. The zero-order valence-electron chi connectivity index (χ0n) is 18.2. The molecule has 0 aromatic heterocycles. The van der Waals surface area contributed by atoms with Gasteiger partial charge in [-0.15, -0.1) is 0 Å². The topological polar surface area (TPSA) is 55.6 Å². The van der Waals surface area contributed by atoms with E-state index in [0.29, 0.717) is 0 Å². The van der Waals surface area contributed by atoms with Crippen LogP contribution in [0.3, 0.4) is 0 Å². The zero-order valence-corrected chi connectivity index (χ0v) is 18.2. The first-order valence-corrected chi connectivity index (χ1v) is 11.7. The SMILES string of the molecule is CCCCC/C=C\C/C=C\CCCCCCCCO[C@H]1CCN(C(=O)CN)C1. The van der Waals surface area contributed by atoms with E-state index < -0.39 is 0 Å². The van der Waals surface area contributed by atoms with Crippen LogP contribution in [0.2, 0.25) is 0 Å². The summed E-state index contributed by atoms with van der Waals surface area (Å²) < 4.78 is 5.90. The van der Waals surface area contributed by atoms with Crippen molar-refractivity contribution in [3.8, 4) is 0 Å². The summed E-state index contributed by atoms with van der Waals surface area (Å²) in [6.07, 6.45) is 25.6. The van der Waals surface area contributed by atoms with Crippen molar-refractivity contribution >= 4 is 5.91 Å². The van der Waals surface area contributed by atoms with E-state index in [1.807, 2.05) is 4.90 Å². The summed E-state index contributed by atoms with van der Waals surface area (Å²) in [5, 5.41) is 0. The van der Waals surface area contributed by atoms with Crippen LogP contribution in [-0.4, -0.2) is 43.2 Å². The standard InChI is InChI=1S/C24H44N2O2/c1-2-3-4-5-6-7-8-9-10-11-12-13-14-15-16-17-20-28-23-18-19-26(22-23)24(27)21-25/h6-7,9-10,23H,2-5,8,11-22,25H2,1H3/b7-6-,10-9-/t23-/m0/s1. The largest absolute Gasteiger partial charge is 0.376 e. The maximum absolute atomic E-state index is 11.5. The normalized spacial score (nSPS) is 17.4. The van der Waals surface area contributed by atoms with Gasteiger partial charge in [-0.3, -0.25) is 4.79 Å². The third-order valence-corrected chi connectivity index (χ3v) is 5.37. The highest BCUT2D eigenvalue weighted by molar-refractivity contribution is 5.78. The summed E-state index contributed by atoms with van der Waals surface area (Å²) >= 11 is 0. The lowest BCUT2D eigenvalue weighted by Crippen LogP contribution is -2.35. The number of allylic oxidation sites excluding steroid dienone is 4. The summed E-state index contributed by atoms with van der Waals surface area (Å²) in [6, 6.07) is 0. The van der Waals surface area contributed by atoms with Crippen LogP contribution < -0.4 is 5.73 Å². The average molecular weight is 393 g/mol. The smallest absolute Gasteiger partial charge is 0.236 e. The predicted octanol–water partition coefficient (Wildman–Crippen LogP) is 5.38. The van der Waals surface area contributed by atoms with Crippen LogP contribution in [0.25, 0.3) is 0 Å². The van der Waals surface area contributed by atoms with Gasteiger partial charge in [0.15, 0.2) is 0 Å². The van der Waals surface area contributed by atoms with Gasteiger partial charge in [0.25, 0.3) is 0 Å². The molecule has 1 saturated heterocycles. The summed E-state index contributed by atoms with van der Waals surface area (Å²) in [5.41, 5.74) is 5.40. The Morgan fingerprint density at radius 1 is 0.964 bits per heavy atom. The number of amides is 1. The number of nitrogens with zero attached hydrogens (tertiary/aromatic N) is 1. The van der Waals surface area contributed by atoms with Crippen LogP contribution in [0, 0.1) is 0 Å². The van der Waals surface area contributed by atoms with Crippen molar-refractivity contribution in [1.82, 2.24) is 4.90 Å². The van der Waals surface area contributed by atoms with E-state index in [-0.39, 0.29) is 18.6 Å². The lowest BCUT2D eigenvalue weighted by Gasteiger charge is -2.15. The fraction of sp³-hybridized carbons (Fsp3) is 0.792. The van der Waals surface area contributed by atoms with Crippen LogP contribution in [0.4, 0.5) is 0 Å². The van der Waals surface area contributed by atoms with Crippen LogP contribution in [0.1, 0.15) is 90.4 Å². The van der Waals surface area contributed by atoms with Gasteiger partial charge in [-0.1, -0.05) is 69.8 Å². The second-order valence-electron chi connectivity index (χ2n) is 7.91. The van der Waals surface area contributed by atoms with E-state index in [1.54, 1.807) is 0 Å². The molecule has 0 aromatic carbocycles. The fourth-order valence-corrected chi connectivity index (χ4v) is 3.56. The first-order chi connectivity index (χ1) is 13.8. The Kier molecular flexibility index (Phi) is 16.0. The molecule has 1 amide bonds. The second kappa shape index (κ2) is 17.9. The maximum Gasteiger partial charge on any atom is 0.236 e. The molecule has 0 saturated carbocycles. The minimum Gasteiger partial charge on any atom is -0.376 e. The molecule has 162 valence electrons. The number of rotatable bonds is 17. The fourth-order valence-electron chi connectivity index (χ4n) is 3.56. The van der Waals surface area contributed by atoms with E-state index in [4.69, 9.17) is 10.5 Å². The quantitative estimate of drug-likeness (QED) is 0.267. The van der Waals surface area contributed by atoms with Gasteiger partial charge in [-0.05, 0) is 44.9 Å². The van der Waals surface area contributed by atoms with Crippen molar-refractivity contribution in [1.29, 1.82) is 0 Å². The summed E-state index contributed by atoms with van der Waals surface area (Å²) in [5.74, 6) is 0.0415. The number of hydrogen-bond acceptors (Lipinski definition) is 3. The number of ether oxygens (including phenoxy) is 1. The third kappa shape index (κ3) is 13.1. The highest BCUT2D eigenvalue weighted by Gasteiger charge is 2.25. The van der Waals surface area contributed by atoms with E-state index >= 15 is 0 Å². The highest BCUT2D eigenvalue weighted by atomic mass is 16.5. The Hall–Kier alpha value is -1.13. The van der Waals surface area contributed by atoms with Gasteiger partial charge in [0, 0.05) is 19.7 Å². The van der Waals surface area contributed by atoms with Gasteiger partial charge >= 0.3 is 0 Å². The molecule has 1 aliphatic rings. The Labute approximate surface area is 173 Å². The first kappa shape index (κ1) is 24.9. The van der Waals surface area contributed by atoms with Gasteiger partial charge in [0.1, 0.15) is 0 Å². The summed E-state index contributed by atoms with van der Waals surface area (Å²) in [6.45, 7) is 4.70. The Bertz CT molecular complexity index is 434. The monoisotopic (exact) mass is 392 g/mol. The molecule has 28 heavy (non-hydrogen) atoms. The second-order valence-corrected chi connectivity index (χ2v) is 7.91. The Balaban J connectivity index is 1.81. The van der Waals surface area contributed by atoms with Crippen molar-refractivity contribution in [3.05, 3.63) is 24.3 Å². The van der Waals surface area contributed by atoms with Crippen LogP contribution >= 0.6 is 0 Å². The minimum absolute atomic E-state index is 0.0415. The molecule has 0 bridgehead atoms. The number of carbonyl (C=O) groups is 1. The van der Waals surface area contributed by atoms with Crippen molar-refractivity contribution in [2.75, 3.05) is 26.2 Å². The van der Waals surface area contributed by atoms with Gasteiger partial charge in [0.05, 0.1) is 12.6 Å². The molecule has 0 spiro atoms. The van der Waals surface area contributed by atoms with Crippen LogP contribution in [-0.2, 0) is 9.53 Å². The maximum atomic E-state index is 11.5. The molecule has 1 atom stereocenters. The Morgan fingerprint density at radius 2 is 1.61 bits per heavy atom.